The van der Waals surface area contributed by atoms with Gasteiger partial charge in [-0.15, -0.1) is 0 Å². The molecule has 68 valence electrons. The number of benzene rings is 1. The maximum absolute atomic E-state index is 5.11. The van der Waals surface area contributed by atoms with Crippen molar-refractivity contribution in [3.63, 3.8) is 0 Å². The van der Waals surface area contributed by atoms with Crippen LogP contribution in [0.15, 0.2) is 24.3 Å². The Morgan fingerprint density at radius 1 is 1.15 bits per heavy atom. The first kappa shape index (κ1) is 9.80. The Morgan fingerprint density at radius 2 is 1.69 bits per heavy atom. The van der Waals surface area contributed by atoms with Crippen LogP contribution in [0, 0.1) is 6.57 Å². The predicted octanol–water partition coefficient (Wildman–Crippen LogP) is 3.45. The molecule has 0 heterocycles. The maximum atomic E-state index is 5.11. The zero-order valence-corrected chi connectivity index (χ0v) is 8.54. The molecule has 0 aliphatic carbocycles. The van der Waals surface area contributed by atoms with E-state index in [2.05, 4.69) is 49.9 Å². The minimum absolute atomic E-state index is 0.221. The molecule has 0 aliphatic heterocycles. The van der Waals surface area contributed by atoms with Gasteiger partial charge in [0.1, 0.15) is 0 Å². The fraction of sp³-hybridized carbons (Fsp3) is 0.417. The van der Waals surface area contributed by atoms with Gasteiger partial charge in [0.15, 0.2) is 0 Å². The van der Waals surface area contributed by atoms with Gasteiger partial charge in [0.2, 0.25) is 0 Å². The van der Waals surface area contributed by atoms with Crippen molar-refractivity contribution >= 4 is 0 Å². The van der Waals surface area contributed by atoms with Gasteiger partial charge in [0.25, 0.3) is 13.1 Å². The Labute approximate surface area is 80.2 Å². The maximum Gasteiger partial charge on any atom is 0.288 e. The molecule has 1 rings (SSSR count). The van der Waals surface area contributed by atoms with E-state index >= 15 is 0 Å². The highest BCUT2D eigenvalue weighted by atomic mass is 14.6. The number of hydrogen-bond donors (Lipinski definition) is 0. The fourth-order valence-electron chi connectivity index (χ4n) is 1.22. The third kappa shape index (κ3) is 2.59. The summed E-state index contributed by atoms with van der Waals surface area (Å²) in [4.78, 5) is 3.60. The SMILES string of the molecule is C#[N+]Cc1ccc(C(C)(C)C)cc1. The molecular weight excluding hydrogens is 158 g/mol. The summed E-state index contributed by atoms with van der Waals surface area (Å²) >= 11 is 0. The molecule has 0 aliphatic rings. The van der Waals surface area contributed by atoms with Gasteiger partial charge in [-0.05, 0) is 11.0 Å². The van der Waals surface area contributed by atoms with Gasteiger partial charge in [-0.3, -0.25) is 0 Å². The third-order valence-corrected chi connectivity index (χ3v) is 2.09. The van der Waals surface area contributed by atoms with Gasteiger partial charge < -0.3 is 0 Å². The van der Waals surface area contributed by atoms with Gasteiger partial charge in [-0.25, -0.2) is 0 Å². The van der Waals surface area contributed by atoms with Crippen LogP contribution in [0.2, 0.25) is 0 Å². The summed E-state index contributed by atoms with van der Waals surface area (Å²) in [6.45, 7) is 12.3. The second-order valence-corrected chi connectivity index (χ2v) is 4.29. The van der Waals surface area contributed by atoms with Crippen molar-refractivity contribution in [2.45, 2.75) is 32.7 Å². The Balaban J connectivity index is 2.89. The molecule has 0 saturated heterocycles. The van der Waals surface area contributed by atoms with E-state index in [9.17, 15) is 0 Å². The van der Waals surface area contributed by atoms with Crippen molar-refractivity contribution in [3.8, 4) is 6.57 Å². The lowest BCUT2D eigenvalue weighted by Gasteiger charge is -2.18. The zero-order chi connectivity index (χ0) is 9.90. The van der Waals surface area contributed by atoms with Crippen molar-refractivity contribution in [1.82, 2.24) is 0 Å². The van der Waals surface area contributed by atoms with Gasteiger partial charge in [-0.1, -0.05) is 49.9 Å². The van der Waals surface area contributed by atoms with E-state index in [1.54, 1.807) is 0 Å². The Morgan fingerprint density at radius 3 is 2.08 bits per heavy atom. The van der Waals surface area contributed by atoms with Crippen LogP contribution in [0.3, 0.4) is 0 Å². The molecule has 0 unspecified atom stereocenters. The number of hydrogen-bond acceptors (Lipinski definition) is 0. The fourth-order valence-corrected chi connectivity index (χ4v) is 1.22. The molecule has 1 aromatic rings. The molecule has 0 amide bonds. The average Bonchev–Trinajstić information content (AvgIpc) is 2.04. The highest BCUT2D eigenvalue weighted by Crippen LogP contribution is 2.22. The molecule has 0 bridgehead atoms. The van der Waals surface area contributed by atoms with Gasteiger partial charge >= 0.3 is 0 Å². The quantitative estimate of drug-likeness (QED) is 0.614. The highest BCUT2D eigenvalue weighted by molar-refractivity contribution is 5.28. The standard InChI is InChI=1S/C12H16N/c1-12(2,3)11-7-5-10(6-8-11)9-13-4/h4-8H,9H2,1-3H3/q+1. The van der Waals surface area contributed by atoms with Crippen LogP contribution in [0.25, 0.3) is 4.85 Å². The summed E-state index contributed by atoms with van der Waals surface area (Å²) in [5.74, 6) is 0. The highest BCUT2D eigenvalue weighted by Gasteiger charge is 2.12. The van der Waals surface area contributed by atoms with Crippen molar-refractivity contribution in [1.29, 1.82) is 0 Å². The predicted molar refractivity (Wildman–Crippen MR) is 57.2 cm³/mol. The first-order valence-corrected chi connectivity index (χ1v) is 4.50. The molecule has 0 spiro atoms. The van der Waals surface area contributed by atoms with Gasteiger partial charge in [0, 0.05) is 5.56 Å². The lowest BCUT2D eigenvalue weighted by Crippen LogP contribution is -2.10. The monoisotopic (exact) mass is 174 g/mol. The largest absolute Gasteiger partial charge is 0.288 e. The van der Waals surface area contributed by atoms with Crippen LogP contribution in [0.1, 0.15) is 31.9 Å². The first-order valence-electron chi connectivity index (χ1n) is 4.50. The van der Waals surface area contributed by atoms with Crippen molar-refractivity contribution < 1.29 is 0 Å². The van der Waals surface area contributed by atoms with Crippen LogP contribution >= 0.6 is 0 Å². The second-order valence-electron chi connectivity index (χ2n) is 4.29. The summed E-state index contributed by atoms with van der Waals surface area (Å²) in [7, 11) is 0. The molecule has 0 N–H and O–H groups in total. The van der Waals surface area contributed by atoms with Crippen molar-refractivity contribution in [2.24, 2.45) is 0 Å². The summed E-state index contributed by atoms with van der Waals surface area (Å²) in [5, 5.41) is 0. The van der Waals surface area contributed by atoms with E-state index in [-0.39, 0.29) is 5.41 Å². The summed E-state index contributed by atoms with van der Waals surface area (Å²) in [6.07, 6.45) is 0. The Bertz CT molecular complexity index is 308. The zero-order valence-electron chi connectivity index (χ0n) is 8.54. The molecule has 13 heavy (non-hydrogen) atoms. The molecule has 1 nitrogen and oxygen atoms in total. The van der Waals surface area contributed by atoms with Crippen LogP contribution in [0.5, 0.6) is 0 Å². The minimum atomic E-state index is 0.221. The summed E-state index contributed by atoms with van der Waals surface area (Å²) in [5.41, 5.74) is 2.72. The normalized spacial score (nSPS) is 10.9. The molecule has 0 aromatic heterocycles. The number of rotatable bonds is 1. The van der Waals surface area contributed by atoms with Crippen LogP contribution in [0.4, 0.5) is 0 Å². The minimum Gasteiger partial charge on any atom is -0.0817 e. The van der Waals surface area contributed by atoms with Crippen LogP contribution < -0.4 is 0 Å². The Kier molecular flexibility index (Phi) is 2.72. The van der Waals surface area contributed by atoms with E-state index < -0.39 is 0 Å². The van der Waals surface area contributed by atoms with Crippen molar-refractivity contribution in [2.75, 3.05) is 0 Å². The topological polar surface area (TPSA) is 4.36 Å². The van der Waals surface area contributed by atoms with Gasteiger partial charge in [0.05, 0.1) is 0 Å². The molecule has 1 aromatic carbocycles. The van der Waals surface area contributed by atoms with Crippen LogP contribution in [-0.2, 0) is 12.0 Å². The lowest BCUT2D eigenvalue weighted by molar-refractivity contribution is 0.590. The smallest absolute Gasteiger partial charge is 0.0817 e. The lowest BCUT2D eigenvalue weighted by atomic mass is 9.87. The summed E-state index contributed by atoms with van der Waals surface area (Å²) < 4.78 is 0. The van der Waals surface area contributed by atoms with E-state index in [1.807, 2.05) is 0 Å². The number of nitrogens with zero attached hydrogens (tertiary/aromatic N) is 1. The first-order chi connectivity index (χ1) is 6.04. The molecule has 1 heteroatoms. The molecule has 0 radical (unpaired) electrons. The van der Waals surface area contributed by atoms with E-state index in [1.165, 1.54) is 5.56 Å². The van der Waals surface area contributed by atoms with Gasteiger partial charge in [-0.2, -0.15) is 0 Å². The molecule has 0 fully saturated rings. The van der Waals surface area contributed by atoms with E-state index in [0.29, 0.717) is 6.54 Å². The van der Waals surface area contributed by atoms with Crippen molar-refractivity contribution in [3.05, 3.63) is 40.2 Å². The van der Waals surface area contributed by atoms with E-state index in [4.69, 9.17) is 6.57 Å². The molecule has 0 atom stereocenters. The average molecular weight is 174 g/mol. The summed E-state index contributed by atoms with van der Waals surface area (Å²) in [6, 6.07) is 8.44. The third-order valence-electron chi connectivity index (χ3n) is 2.09. The van der Waals surface area contributed by atoms with E-state index in [0.717, 1.165) is 5.56 Å². The molecule has 0 saturated carbocycles. The Hall–Kier alpha value is -1.29. The second kappa shape index (κ2) is 3.62. The van der Waals surface area contributed by atoms with Crippen LogP contribution in [-0.4, -0.2) is 0 Å². The molecular formula is C12H16N+.